The van der Waals surface area contributed by atoms with Gasteiger partial charge in [0.15, 0.2) is 0 Å². The second kappa shape index (κ2) is 40.3. The van der Waals surface area contributed by atoms with Crippen molar-refractivity contribution < 1.29 is 37.3 Å². The van der Waals surface area contributed by atoms with Gasteiger partial charge in [-0.25, -0.2) is 0 Å². The summed E-state index contributed by atoms with van der Waals surface area (Å²) in [5.41, 5.74) is 0. The lowest BCUT2D eigenvalue weighted by molar-refractivity contribution is -0.870. The highest BCUT2D eigenvalue weighted by molar-refractivity contribution is 7.45. The summed E-state index contributed by atoms with van der Waals surface area (Å²) in [6.07, 6.45) is 42.7. The molecule has 2 atom stereocenters. The number of esters is 1. The van der Waals surface area contributed by atoms with E-state index in [9.17, 15) is 14.3 Å². The van der Waals surface area contributed by atoms with Crippen LogP contribution in [0.1, 0.15) is 232 Å². The Morgan fingerprint density at radius 1 is 0.491 bits per heavy atom. The molecule has 0 aromatic rings. The number of hydrogen-bond donors (Lipinski definition) is 0. The lowest BCUT2D eigenvalue weighted by atomic mass is 10.0. The van der Waals surface area contributed by atoms with Crippen LogP contribution in [0.15, 0.2) is 0 Å². The fourth-order valence-electron chi connectivity index (χ4n) is 6.96. The van der Waals surface area contributed by atoms with Crippen molar-refractivity contribution in [2.24, 2.45) is 0 Å². The number of likely N-dealkylation sites (N-methyl/N-ethyl adjacent to an activating group) is 1. The van der Waals surface area contributed by atoms with E-state index < -0.39 is 13.9 Å². The summed E-state index contributed by atoms with van der Waals surface area (Å²) in [4.78, 5) is 25.0. The molecule has 0 aliphatic rings. The number of rotatable bonds is 45. The number of carbonyl (C=O) groups excluding carboxylic acids is 1. The van der Waals surface area contributed by atoms with E-state index in [2.05, 4.69) is 13.8 Å². The van der Waals surface area contributed by atoms with Crippen LogP contribution < -0.4 is 4.89 Å². The fourth-order valence-corrected chi connectivity index (χ4v) is 7.69. The summed E-state index contributed by atoms with van der Waals surface area (Å²) in [5, 5.41) is 0. The first-order valence-electron chi connectivity index (χ1n) is 23.8. The molecular formula is C46H94NO7P. The lowest BCUT2D eigenvalue weighted by Crippen LogP contribution is -2.37. The van der Waals surface area contributed by atoms with Crippen molar-refractivity contribution in [1.82, 2.24) is 0 Å². The zero-order chi connectivity index (χ0) is 40.6. The molecule has 2 unspecified atom stereocenters. The van der Waals surface area contributed by atoms with Gasteiger partial charge in [-0.05, 0) is 12.8 Å². The Morgan fingerprint density at radius 2 is 0.836 bits per heavy atom. The number of hydrogen-bond acceptors (Lipinski definition) is 7. The molecule has 0 aliphatic carbocycles. The SMILES string of the molecule is CCCCCCCCCCCCCCCCCCCCCCCCCOCC(COP(=O)([O-])OCC[N+](C)(C)C)OC(=O)CCCCCCCCCCCC. The van der Waals surface area contributed by atoms with Crippen molar-refractivity contribution in [3.63, 3.8) is 0 Å². The van der Waals surface area contributed by atoms with Crippen molar-refractivity contribution in [2.75, 3.05) is 54.1 Å². The molecule has 0 spiro atoms. The monoisotopic (exact) mass is 804 g/mol. The van der Waals surface area contributed by atoms with E-state index in [4.69, 9.17) is 18.5 Å². The maximum absolute atomic E-state index is 12.6. The quantitative estimate of drug-likeness (QED) is 0.0262. The van der Waals surface area contributed by atoms with Gasteiger partial charge in [0.1, 0.15) is 19.3 Å². The highest BCUT2D eigenvalue weighted by Gasteiger charge is 2.20. The molecule has 0 bridgehead atoms. The second-order valence-electron chi connectivity index (χ2n) is 17.5. The summed E-state index contributed by atoms with van der Waals surface area (Å²) >= 11 is 0. The predicted molar refractivity (Wildman–Crippen MR) is 231 cm³/mol. The third kappa shape index (κ3) is 44.4. The molecule has 0 saturated heterocycles. The number of unbranched alkanes of at least 4 members (excludes halogenated alkanes) is 31. The Kier molecular flexibility index (Phi) is 39.9. The van der Waals surface area contributed by atoms with Gasteiger partial charge in [-0.15, -0.1) is 0 Å². The summed E-state index contributed by atoms with van der Waals surface area (Å²) in [7, 11) is 1.37. The zero-order valence-electron chi connectivity index (χ0n) is 37.4. The van der Waals surface area contributed by atoms with Crippen molar-refractivity contribution in [3.05, 3.63) is 0 Å². The molecule has 0 N–H and O–H groups in total. The highest BCUT2D eigenvalue weighted by atomic mass is 31.2. The normalized spacial score (nSPS) is 13.6. The minimum absolute atomic E-state index is 0.0313. The highest BCUT2D eigenvalue weighted by Crippen LogP contribution is 2.38. The Labute approximate surface area is 342 Å². The molecular weight excluding hydrogens is 709 g/mol. The third-order valence-corrected chi connectivity index (χ3v) is 11.6. The number of ether oxygens (including phenoxy) is 2. The maximum Gasteiger partial charge on any atom is 0.306 e. The molecule has 0 amide bonds. The van der Waals surface area contributed by atoms with Crippen LogP contribution in [0.3, 0.4) is 0 Å². The van der Waals surface area contributed by atoms with Crippen LogP contribution in [0.5, 0.6) is 0 Å². The molecule has 0 radical (unpaired) electrons. The second-order valence-corrected chi connectivity index (χ2v) is 18.9. The molecule has 0 saturated carbocycles. The van der Waals surface area contributed by atoms with Gasteiger partial charge in [-0.3, -0.25) is 9.36 Å². The third-order valence-electron chi connectivity index (χ3n) is 10.7. The van der Waals surface area contributed by atoms with Crippen LogP contribution in [-0.4, -0.2) is 70.7 Å². The molecule has 0 aliphatic heterocycles. The van der Waals surface area contributed by atoms with Gasteiger partial charge in [0.05, 0.1) is 34.4 Å². The first-order chi connectivity index (χ1) is 26.6. The Bertz CT molecular complexity index is 853. The first kappa shape index (κ1) is 54.5. The standard InChI is InChI=1S/C46H94NO7P/c1-6-8-10-12-14-16-18-19-20-21-22-23-24-25-26-27-28-29-30-32-34-36-38-41-51-43-45(44-53-55(49,50)52-42-40-47(3,4)5)54-46(48)39-37-35-33-31-17-15-13-11-9-7-2/h45H,6-44H2,1-5H3. The van der Waals surface area contributed by atoms with Gasteiger partial charge in [0.2, 0.25) is 0 Å². The van der Waals surface area contributed by atoms with E-state index in [-0.39, 0.29) is 25.8 Å². The number of nitrogens with zero attached hydrogens (tertiary/aromatic N) is 1. The van der Waals surface area contributed by atoms with Crippen LogP contribution in [0, 0.1) is 0 Å². The van der Waals surface area contributed by atoms with Gasteiger partial charge >= 0.3 is 5.97 Å². The Morgan fingerprint density at radius 3 is 1.20 bits per heavy atom. The van der Waals surface area contributed by atoms with Gasteiger partial charge in [0, 0.05) is 13.0 Å². The van der Waals surface area contributed by atoms with E-state index in [0.717, 1.165) is 32.1 Å². The minimum Gasteiger partial charge on any atom is -0.756 e. The number of quaternary nitrogens is 1. The number of phosphoric acid groups is 1. The summed E-state index contributed by atoms with van der Waals surface area (Å²) in [6.45, 7) is 5.46. The Hall–Kier alpha value is -0.500. The van der Waals surface area contributed by atoms with E-state index in [1.807, 2.05) is 21.1 Å². The van der Waals surface area contributed by atoms with E-state index in [0.29, 0.717) is 24.1 Å². The topological polar surface area (TPSA) is 94.1 Å². The van der Waals surface area contributed by atoms with Crippen molar-refractivity contribution in [1.29, 1.82) is 0 Å². The summed E-state index contributed by atoms with van der Waals surface area (Å²) < 4.78 is 34.6. The van der Waals surface area contributed by atoms with Gasteiger partial charge in [0.25, 0.3) is 7.82 Å². The largest absolute Gasteiger partial charge is 0.756 e. The van der Waals surface area contributed by atoms with Crippen molar-refractivity contribution >= 4 is 13.8 Å². The molecule has 330 valence electrons. The first-order valence-corrected chi connectivity index (χ1v) is 25.2. The van der Waals surface area contributed by atoms with Crippen LogP contribution in [0.2, 0.25) is 0 Å². The molecule has 0 rings (SSSR count). The molecule has 0 aromatic carbocycles. The van der Waals surface area contributed by atoms with E-state index >= 15 is 0 Å². The summed E-state index contributed by atoms with van der Waals surface area (Å²) in [5.74, 6) is -0.331. The van der Waals surface area contributed by atoms with E-state index in [1.54, 1.807) is 0 Å². The average Bonchev–Trinajstić information content (AvgIpc) is 3.13. The van der Waals surface area contributed by atoms with Crippen molar-refractivity contribution in [3.8, 4) is 0 Å². The van der Waals surface area contributed by atoms with Crippen molar-refractivity contribution in [2.45, 2.75) is 238 Å². The molecule has 0 fully saturated rings. The molecule has 0 heterocycles. The van der Waals surface area contributed by atoms with E-state index in [1.165, 1.54) is 180 Å². The Balaban J connectivity index is 4.00. The van der Waals surface area contributed by atoms with Gasteiger partial charge < -0.3 is 27.9 Å². The smallest absolute Gasteiger partial charge is 0.306 e. The predicted octanol–water partition coefficient (Wildman–Crippen LogP) is 13.4. The van der Waals surface area contributed by atoms with Crippen LogP contribution in [-0.2, 0) is 27.9 Å². The van der Waals surface area contributed by atoms with Gasteiger partial charge in [-0.2, -0.15) is 0 Å². The number of phosphoric ester groups is 1. The van der Waals surface area contributed by atoms with Crippen LogP contribution in [0.4, 0.5) is 0 Å². The minimum atomic E-state index is -4.51. The molecule has 9 heteroatoms. The average molecular weight is 804 g/mol. The maximum atomic E-state index is 12.6. The lowest BCUT2D eigenvalue weighted by Gasteiger charge is -2.28. The summed E-state index contributed by atoms with van der Waals surface area (Å²) in [6, 6.07) is 0. The molecule has 8 nitrogen and oxygen atoms in total. The molecule has 0 aromatic heterocycles. The fraction of sp³-hybridized carbons (Fsp3) is 0.978. The molecule has 55 heavy (non-hydrogen) atoms. The van der Waals surface area contributed by atoms with Crippen LogP contribution in [0.25, 0.3) is 0 Å². The van der Waals surface area contributed by atoms with Crippen LogP contribution >= 0.6 is 7.82 Å². The number of carbonyl (C=O) groups is 1. The zero-order valence-corrected chi connectivity index (χ0v) is 38.3. The van der Waals surface area contributed by atoms with Gasteiger partial charge in [-0.1, -0.05) is 213 Å².